The Kier molecular flexibility index (Phi) is 7.85. The SMILES string of the molecule is C\C=C/C=C(\C=C/C)c1ccc(N(c2ccc(Oc3ccccc3)cc2)c2cc3c4ccccc4sc3c3c2oc2ccccc23)cc1. The van der Waals surface area contributed by atoms with Crippen LogP contribution in [0.5, 0.6) is 11.5 Å². The second kappa shape index (κ2) is 12.7. The van der Waals surface area contributed by atoms with E-state index in [2.05, 4.69) is 114 Å². The summed E-state index contributed by atoms with van der Waals surface area (Å²) < 4.78 is 15.4. The first-order chi connectivity index (χ1) is 23.7. The molecular weight excluding hydrogens is 607 g/mol. The maximum absolute atomic E-state index is 6.77. The Labute approximate surface area is 283 Å². The van der Waals surface area contributed by atoms with E-state index < -0.39 is 0 Å². The lowest BCUT2D eigenvalue weighted by atomic mass is 10.0. The zero-order chi connectivity index (χ0) is 32.5. The average Bonchev–Trinajstić information content (AvgIpc) is 3.71. The van der Waals surface area contributed by atoms with E-state index >= 15 is 0 Å². The van der Waals surface area contributed by atoms with Gasteiger partial charge in [0.25, 0.3) is 0 Å². The van der Waals surface area contributed by atoms with Crippen LogP contribution in [0.3, 0.4) is 0 Å². The molecule has 0 aliphatic rings. The molecule has 2 heterocycles. The molecule has 3 nitrogen and oxygen atoms in total. The number of thiophene rings is 1. The first kappa shape index (κ1) is 29.6. The van der Waals surface area contributed by atoms with Gasteiger partial charge in [0.05, 0.1) is 5.69 Å². The molecule has 0 N–H and O–H groups in total. The van der Waals surface area contributed by atoms with Crippen molar-refractivity contribution in [3.05, 3.63) is 169 Å². The number of nitrogens with zero attached hydrogens (tertiary/aromatic N) is 1. The van der Waals surface area contributed by atoms with Crippen molar-refractivity contribution in [2.75, 3.05) is 4.90 Å². The van der Waals surface area contributed by atoms with E-state index in [-0.39, 0.29) is 0 Å². The molecule has 6 aromatic carbocycles. The third kappa shape index (κ3) is 5.36. The molecule has 0 aliphatic carbocycles. The summed E-state index contributed by atoms with van der Waals surface area (Å²) in [6, 6.07) is 46.3. The number of hydrogen-bond donors (Lipinski definition) is 0. The number of rotatable bonds is 8. The van der Waals surface area contributed by atoms with Gasteiger partial charge in [-0.2, -0.15) is 0 Å². The Morgan fingerprint density at radius 3 is 2.08 bits per heavy atom. The summed E-state index contributed by atoms with van der Waals surface area (Å²) in [6.07, 6.45) is 10.5. The van der Waals surface area contributed by atoms with E-state index in [1.165, 1.54) is 20.2 Å². The smallest absolute Gasteiger partial charge is 0.160 e. The van der Waals surface area contributed by atoms with Crippen molar-refractivity contribution >= 4 is 76.1 Å². The summed E-state index contributed by atoms with van der Waals surface area (Å²) in [5.74, 6) is 1.58. The van der Waals surface area contributed by atoms with Gasteiger partial charge in [0.1, 0.15) is 17.1 Å². The Morgan fingerprint density at radius 2 is 1.33 bits per heavy atom. The third-order valence-electron chi connectivity index (χ3n) is 8.56. The van der Waals surface area contributed by atoms with Gasteiger partial charge in [-0.1, -0.05) is 97.1 Å². The standard InChI is InChI=1S/C44H33NO2S/c1-3-5-14-30(13-4-2)31-21-23-32(24-22-31)45(33-25-27-35(28-26-33)46-34-15-7-6-8-16-34)39-29-38-36-17-10-12-20-41(36)48-44(38)42-37-18-9-11-19-40(37)47-43(39)42/h3-29H,1-2H3/b5-3-,13-4-,30-14+. The molecule has 0 atom stereocenters. The maximum atomic E-state index is 6.77. The Bertz CT molecular complexity index is 2480. The second-order valence-corrected chi connectivity index (χ2v) is 12.7. The summed E-state index contributed by atoms with van der Waals surface area (Å²) in [7, 11) is 0. The molecule has 4 heteroatoms. The molecule has 2 aromatic heterocycles. The summed E-state index contributed by atoms with van der Waals surface area (Å²) in [5.41, 5.74) is 7.07. The highest BCUT2D eigenvalue weighted by Crippen LogP contribution is 2.49. The average molecular weight is 640 g/mol. The fraction of sp³-hybridized carbons (Fsp3) is 0.0455. The van der Waals surface area contributed by atoms with Gasteiger partial charge in [-0.3, -0.25) is 0 Å². The van der Waals surface area contributed by atoms with Gasteiger partial charge >= 0.3 is 0 Å². The van der Waals surface area contributed by atoms with E-state index in [9.17, 15) is 0 Å². The normalized spacial score (nSPS) is 12.3. The minimum Gasteiger partial charge on any atom is -0.457 e. The molecule has 0 unspecified atom stereocenters. The van der Waals surface area contributed by atoms with Gasteiger partial charge in [-0.05, 0) is 91.7 Å². The number of furan rings is 1. The van der Waals surface area contributed by atoms with Crippen LogP contribution in [0, 0.1) is 0 Å². The van der Waals surface area contributed by atoms with Crippen LogP contribution in [0.2, 0.25) is 0 Å². The quantitative estimate of drug-likeness (QED) is 0.155. The van der Waals surface area contributed by atoms with Crippen molar-refractivity contribution in [3.8, 4) is 11.5 Å². The van der Waals surface area contributed by atoms with Crippen molar-refractivity contribution in [2.45, 2.75) is 13.8 Å². The molecule has 0 amide bonds. The molecule has 232 valence electrons. The summed E-state index contributed by atoms with van der Waals surface area (Å²) in [4.78, 5) is 2.30. The Hall–Kier alpha value is -5.84. The zero-order valence-electron chi connectivity index (χ0n) is 26.8. The molecule has 8 aromatic rings. The molecular formula is C44H33NO2S. The van der Waals surface area contributed by atoms with Gasteiger partial charge in [-0.15, -0.1) is 11.3 Å². The number of allylic oxidation sites excluding steroid dienone is 6. The molecule has 0 bridgehead atoms. The number of benzene rings is 6. The predicted octanol–water partition coefficient (Wildman–Crippen LogP) is 13.8. The fourth-order valence-electron chi connectivity index (χ4n) is 6.36. The highest BCUT2D eigenvalue weighted by atomic mass is 32.1. The second-order valence-electron chi connectivity index (χ2n) is 11.6. The molecule has 0 aliphatic heterocycles. The van der Waals surface area contributed by atoms with Crippen LogP contribution in [-0.2, 0) is 0 Å². The first-order valence-electron chi connectivity index (χ1n) is 16.2. The molecule has 48 heavy (non-hydrogen) atoms. The Balaban J connectivity index is 1.35. The lowest BCUT2D eigenvalue weighted by Crippen LogP contribution is -2.10. The zero-order valence-corrected chi connectivity index (χ0v) is 27.6. The molecule has 0 spiro atoms. The van der Waals surface area contributed by atoms with Crippen LogP contribution in [0.4, 0.5) is 17.1 Å². The highest BCUT2D eigenvalue weighted by molar-refractivity contribution is 7.26. The third-order valence-corrected chi connectivity index (χ3v) is 9.76. The van der Waals surface area contributed by atoms with Crippen molar-refractivity contribution in [1.82, 2.24) is 0 Å². The summed E-state index contributed by atoms with van der Waals surface area (Å²) in [5, 5.41) is 4.74. The Morgan fingerprint density at radius 1 is 0.667 bits per heavy atom. The summed E-state index contributed by atoms with van der Waals surface area (Å²) in [6.45, 7) is 4.08. The van der Waals surface area contributed by atoms with E-state index in [0.29, 0.717) is 0 Å². The topological polar surface area (TPSA) is 25.6 Å². The number of fused-ring (bicyclic) bond motifs is 7. The van der Waals surface area contributed by atoms with Gasteiger partial charge in [-0.25, -0.2) is 0 Å². The van der Waals surface area contributed by atoms with E-state index in [0.717, 1.165) is 61.6 Å². The molecule has 0 saturated heterocycles. The predicted molar refractivity (Wildman–Crippen MR) is 205 cm³/mol. The fourth-order valence-corrected chi connectivity index (χ4v) is 7.60. The van der Waals surface area contributed by atoms with Gasteiger partial charge in [0.2, 0.25) is 0 Å². The number of ether oxygens (including phenoxy) is 1. The van der Waals surface area contributed by atoms with Crippen molar-refractivity contribution in [1.29, 1.82) is 0 Å². The lowest BCUT2D eigenvalue weighted by molar-refractivity contribution is 0.483. The number of para-hydroxylation sites is 2. The minimum absolute atomic E-state index is 0.776. The number of anilines is 3. The van der Waals surface area contributed by atoms with Crippen LogP contribution in [0.15, 0.2) is 168 Å². The van der Waals surface area contributed by atoms with E-state index in [4.69, 9.17) is 9.15 Å². The van der Waals surface area contributed by atoms with Crippen LogP contribution in [0.1, 0.15) is 19.4 Å². The van der Waals surface area contributed by atoms with Crippen molar-refractivity contribution < 1.29 is 9.15 Å². The van der Waals surface area contributed by atoms with Crippen LogP contribution in [-0.4, -0.2) is 0 Å². The highest BCUT2D eigenvalue weighted by Gasteiger charge is 2.24. The van der Waals surface area contributed by atoms with Crippen LogP contribution < -0.4 is 9.64 Å². The molecule has 0 radical (unpaired) electrons. The van der Waals surface area contributed by atoms with Crippen LogP contribution in [0.25, 0.3) is 47.7 Å². The van der Waals surface area contributed by atoms with E-state index in [1.54, 1.807) is 0 Å². The number of hydrogen-bond acceptors (Lipinski definition) is 4. The van der Waals surface area contributed by atoms with Crippen molar-refractivity contribution in [2.24, 2.45) is 0 Å². The molecule has 0 fully saturated rings. The van der Waals surface area contributed by atoms with Crippen molar-refractivity contribution in [3.63, 3.8) is 0 Å². The monoisotopic (exact) mass is 639 g/mol. The summed E-state index contributed by atoms with van der Waals surface area (Å²) >= 11 is 1.83. The molecule has 8 rings (SSSR count). The molecule has 0 saturated carbocycles. The largest absolute Gasteiger partial charge is 0.457 e. The first-order valence-corrected chi connectivity index (χ1v) is 17.0. The van der Waals surface area contributed by atoms with Gasteiger partial charge in [0, 0.05) is 42.3 Å². The van der Waals surface area contributed by atoms with E-state index in [1.807, 2.05) is 79.8 Å². The van der Waals surface area contributed by atoms with Gasteiger partial charge < -0.3 is 14.1 Å². The van der Waals surface area contributed by atoms with Crippen LogP contribution >= 0.6 is 11.3 Å². The minimum atomic E-state index is 0.776. The van der Waals surface area contributed by atoms with Gasteiger partial charge in [0.15, 0.2) is 5.58 Å². The lowest BCUT2D eigenvalue weighted by Gasteiger charge is -2.26. The maximum Gasteiger partial charge on any atom is 0.160 e.